The number of thioether (sulfide) groups is 1. The van der Waals surface area contributed by atoms with Gasteiger partial charge < -0.3 is 14.7 Å². The predicted molar refractivity (Wildman–Crippen MR) is 205 cm³/mol. The number of oxime groups is 1. The number of thiazole rings is 1. The highest BCUT2D eigenvalue weighted by molar-refractivity contribution is 7.99. The number of β-lactam (4-membered cyclic amide) rings is 1. The highest BCUT2D eigenvalue weighted by atomic mass is 32.2. The third kappa shape index (κ3) is 7.57. The fourth-order valence-electron chi connectivity index (χ4n) is 5.85. The standard InChI is InChI=1S/C37H35N9O5S3/c1-22(47)37(3,4)51-43-29(28-20-52-23(2)39-28)34(48)40-30-35(49)45-32(26(21-54(50)36(30)45)19-53-27-16-11-17-38-18-27)33-41-44-46(42-33)31(24-12-7-5-8-13-24)25-14-9-6-10-15-25/h5-18,20,30-31,36H,19,21H2,1-4H3,(H,40,48)/b43-29-/t30-,36-,54?/m1/s1. The largest absolute Gasteiger partial charge is 0.614 e. The Morgan fingerprint density at radius 2 is 1.81 bits per heavy atom. The van der Waals surface area contributed by atoms with Crippen LogP contribution in [0.15, 0.2) is 106 Å². The molecule has 17 heteroatoms. The number of pyridine rings is 1. The maximum Gasteiger partial charge on any atom is 0.276 e. The van der Waals surface area contributed by atoms with Crippen molar-refractivity contribution in [3.63, 3.8) is 0 Å². The molecule has 1 fully saturated rings. The van der Waals surface area contributed by atoms with Gasteiger partial charge in [0.15, 0.2) is 23.1 Å². The van der Waals surface area contributed by atoms with E-state index < -0.39 is 46.0 Å². The zero-order valence-electron chi connectivity index (χ0n) is 29.7. The Hall–Kier alpha value is -5.23. The number of hydrogen-bond donors (Lipinski definition) is 1. The predicted octanol–water partition coefficient (Wildman–Crippen LogP) is 4.18. The van der Waals surface area contributed by atoms with Crippen molar-refractivity contribution < 1.29 is 23.8 Å². The number of tetrazole rings is 1. The summed E-state index contributed by atoms with van der Waals surface area (Å²) in [5.41, 5.74) is 1.62. The van der Waals surface area contributed by atoms with Crippen LogP contribution in [0.2, 0.25) is 0 Å². The number of carbonyl (C=O) groups is 3. The highest BCUT2D eigenvalue weighted by Crippen LogP contribution is 2.42. The summed E-state index contributed by atoms with van der Waals surface area (Å²) in [6.07, 6.45) is 3.42. The SMILES string of the molecule is CC(=O)C(C)(C)O/N=C(\C(=O)N[C@@H]1C(=O)N2C(c3nnn(C(c4ccccc4)c4ccccc4)n3)=C(CSc3cccnc3)C[S+]([O-])[C@H]12)c1csc(C)n1. The van der Waals surface area contributed by atoms with E-state index in [0.29, 0.717) is 22.0 Å². The molecule has 54 heavy (non-hydrogen) atoms. The summed E-state index contributed by atoms with van der Waals surface area (Å²) >= 11 is 1.15. The molecular formula is C37H35N9O5S3. The van der Waals surface area contributed by atoms with Crippen LogP contribution in [0.1, 0.15) is 54.5 Å². The molecule has 1 saturated heterocycles. The van der Waals surface area contributed by atoms with Crippen LogP contribution in [0.5, 0.6) is 0 Å². The quantitative estimate of drug-likeness (QED) is 0.0596. The van der Waals surface area contributed by atoms with Crippen molar-refractivity contribution in [1.29, 1.82) is 0 Å². The Morgan fingerprint density at radius 3 is 2.43 bits per heavy atom. The number of amides is 2. The summed E-state index contributed by atoms with van der Waals surface area (Å²) in [4.78, 5) is 58.0. The van der Waals surface area contributed by atoms with Gasteiger partial charge in [-0.05, 0) is 67.3 Å². The maximum absolute atomic E-state index is 14.1. The second kappa shape index (κ2) is 15.6. The van der Waals surface area contributed by atoms with E-state index in [1.54, 1.807) is 24.7 Å². The second-order valence-electron chi connectivity index (χ2n) is 13.0. The van der Waals surface area contributed by atoms with Crippen molar-refractivity contribution in [3.05, 3.63) is 124 Å². The van der Waals surface area contributed by atoms with Crippen LogP contribution < -0.4 is 5.32 Å². The molecule has 5 heterocycles. The lowest BCUT2D eigenvalue weighted by atomic mass is 9.99. The van der Waals surface area contributed by atoms with E-state index in [-0.39, 0.29) is 28.8 Å². The lowest BCUT2D eigenvalue weighted by molar-refractivity contribution is -0.143. The molecule has 3 aromatic heterocycles. The van der Waals surface area contributed by atoms with E-state index in [0.717, 1.165) is 16.0 Å². The van der Waals surface area contributed by atoms with Crippen LogP contribution in [0.4, 0.5) is 0 Å². The molecule has 0 bridgehead atoms. The normalized spacial score (nSPS) is 18.7. The summed E-state index contributed by atoms with van der Waals surface area (Å²) in [6.45, 7) is 6.19. The number of carbonyl (C=O) groups excluding carboxylic acids is 3. The minimum Gasteiger partial charge on any atom is -0.614 e. The van der Waals surface area contributed by atoms with Crippen LogP contribution in [0.25, 0.3) is 5.70 Å². The number of benzene rings is 2. The Balaban J connectivity index is 1.22. The number of ketones is 1. The van der Waals surface area contributed by atoms with Gasteiger partial charge in [0.1, 0.15) is 23.2 Å². The van der Waals surface area contributed by atoms with E-state index >= 15 is 0 Å². The smallest absolute Gasteiger partial charge is 0.276 e. The number of Topliss-reactive ketones (excluding diaryl/α,β-unsaturated/α-hetero) is 1. The van der Waals surface area contributed by atoms with Gasteiger partial charge in [-0.25, -0.2) is 4.98 Å². The number of aryl methyl sites for hydroxylation is 1. The molecule has 3 atom stereocenters. The molecule has 7 rings (SSSR count). The molecule has 0 radical (unpaired) electrons. The first kappa shape index (κ1) is 37.1. The van der Waals surface area contributed by atoms with Gasteiger partial charge in [0.05, 0.1) is 5.01 Å². The van der Waals surface area contributed by atoms with E-state index in [9.17, 15) is 18.9 Å². The number of hydrogen-bond acceptors (Lipinski definition) is 13. The third-order valence-electron chi connectivity index (χ3n) is 8.93. The minimum atomic E-state index is -1.63. The molecule has 0 aliphatic carbocycles. The first-order chi connectivity index (χ1) is 26.0. The molecule has 2 aliphatic rings. The highest BCUT2D eigenvalue weighted by Gasteiger charge is 2.60. The van der Waals surface area contributed by atoms with Crippen LogP contribution in [0.3, 0.4) is 0 Å². The monoisotopic (exact) mass is 781 g/mol. The lowest BCUT2D eigenvalue weighted by Gasteiger charge is -2.49. The minimum absolute atomic E-state index is 0.0981. The average molecular weight is 782 g/mol. The van der Waals surface area contributed by atoms with Crippen LogP contribution in [-0.4, -0.2) is 91.5 Å². The number of rotatable bonds is 13. The number of aromatic nitrogens is 6. The van der Waals surface area contributed by atoms with E-state index in [1.807, 2.05) is 72.8 Å². The van der Waals surface area contributed by atoms with Gasteiger partial charge in [-0.15, -0.1) is 33.3 Å². The topological polar surface area (TPSA) is 181 Å². The molecule has 14 nitrogen and oxygen atoms in total. The summed E-state index contributed by atoms with van der Waals surface area (Å²) in [7, 11) is 0. The fraction of sp³-hybridized carbons (Fsp3) is 0.270. The van der Waals surface area contributed by atoms with Crippen LogP contribution in [-0.2, 0) is 30.4 Å². The number of nitrogens with one attached hydrogen (secondary N) is 1. The number of fused-ring (bicyclic) bond motifs is 1. The molecule has 1 N–H and O–H groups in total. The molecule has 5 aromatic rings. The van der Waals surface area contributed by atoms with Crippen molar-refractivity contribution in [2.45, 2.75) is 55.6 Å². The van der Waals surface area contributed by atoms with Gasteiger partial charge >= 0.3 is 0 Å². The summed E-state index contributed by atoms with van der Waals surface area (Å²) < 4.78 is 14.0. The third-order valence-corrected chi connectivity index (χ3v) is 12.4. The molecular weight excluding hydrogens is 747 g/mol. The first-order valence-electron chi connectivity index (χ1n) is 16.9. The lowest BCUT2D eigenvalue weighted by Crippen LogP contribution is -2.74. The zero-order valence-corrected chi connectivity index (χ0v) is 32.1. The Bertz CT molecular complexity index is 2190. The fourth-order valence-corrected chi connectivity index (χ4v) is 9.15. The van der Waals surface area contributed by atoms with Gasteiger partial charge in [-0.2, -0.15) is 4.80 Å². The summed E-state index contributed by atoms with van der Waals surface area (Å²) in [5, 5.41) is 21.9. The maximum atomic E-state index is 14.1. The van der Waals surface area contributed by atoms with E-state index in [4.69, 9.17) is 9.94 Å². The van der Waals surface area contributed by atoms with Gasteiger partial charge in [0, 0.05) is 34.0 Å². The van der Waals surface area contributed by atoms with Crippen molar-refractivity contribution in [3.8, 4) is 0 Å². The molecule has 276 valence electrons. The van der Waals surface area contributed by atoms with Gasteiger partial charge in [-0.1, -0.05) is 65.8 Å². The second-order valence-corrected chi connectivity index (χ2v) is 16.7. The molecule has 1 unspecified atom stereocenters. The van der Waals surface area contributed by atoms with Crippen LogP contribution >= 0.6 is 23.1 Å². The van der Waals surface area contributed by atoms with Gasteiger partial charge in [0.2, 0.25) is 11.2 Å². The molecule has 2 aliphatic heterocycles. The van der Waals surface area contributed by atoms with Gasteiger partial charge in [-0.3, -0.25) is 24.3 Å². The molecule has 2 aromatic carbocycles. The van der Waals surface area contributed by atoms with Crippen molar-refractivity contribution in [2.75, 3.05) is 11.5 Å². The van der Waals surface area contributed by atoms with Gasteiger partial charge in [0.25, 0.3) is 11.8 Å². The van der Waals surface area contributed by atoms with E-state index in [1.165, 1.54) is 53.6 Å². The molecule has 0 spiro atoms. The average Bonchev–Trinajstić information content (AvgIpc) is 3.83. The number of nitrogens with zero attached hydrogens (tertiary/aromatic N) is 8. The Kier molecular flexibility index (Phi) is 10.7. The van der Waals surface area contributed by atoms with Crippen molar-refractivity contribution in [1.82, 2.24) is 40.4 Å². The van der Waals surface area contributed by atoms with E-state index in [2.05, 4.69) is 30.8 Å². The van der Waals surface area contributed by atoms with Crippen molar-refractivity contribution >= 4 is 63.3 Å². The Labute approximate surface area is 322 Å². The summed E-state index contributed by atoms with van der Waals surface area (Å²) in [5.74, 6) is -0.911. The van der Waals surface area contributed by atoms with Crippen molar-refractivity contribution in [2.24, 2.45) is 5.16 Å². The first-order valence-corrected chi connectivity index (χ1v) is 20.1. The van der Waals surface area contributed by atoms with Crippen LogP contribution in [0, 0.1) is 6.92 Å². The Morgan fingerprint density at radius 1 is 1.11 bits per heavy atom. The zero-order chi connectivity index (χ0) is 38.0. The molecule has 0 saturated carbocycles. The summed E-state index contributed by atoms with van der Waals surface area (Å²) in [6, 6.07) is 21.7. The molecule has 2 amide bonds.